The van der Waals surface area contributed by atoms with Crippen LogP contribution in [0.2, 0.25) is 0 Å². The highest BCUT2D eigenvalue weighted by Crippen LogP contribution is 2.33. The van der Waals surface area contributed by atoms with Gasteiger partial charge in [0, 0.05) is 29.9 Å². The summed E-state index contributed by atoms with van der Waals surface area (Å²) in [6, 6.07) is 5.77. The van der Waals surface area contributed by atoms with Crippen molar-refractivity contribution in [2.24, 2.45) is 13.0 Å². The van der Waals surface area contributed by atoms with Crippen molar-refractivity contribution in [3.63, 3.8) is 0 Å². The minimum atomic E-state index is -0.0646. The van der Waals surface area contributed by atoms with Gasteiger partial charge in [0.15, 0.2) is 0 Å². The van der Waals surface area contributed by atoms with Crippen LogP contribution in [-0.4, -0.2) is 20.7 Å². The molecule has 0 aliphatic heterocycles. The number of fused-ring (bicyclic) bond motifs is 1. The highest BCUT2D eigenvalue weighted by Gasteiger charge is 2.21. The van der Waals surface area contributed by atoms with Crippen LogP contribution < -0.4 is 5.32 Å². The van der Waals surface area contributed by atoms with Crippen molar-refractivity contribution in [1.29, 1.82) is 0 Å². The van der Waals surface area contributed by atoms with Gasteiger partial charge in [-0.1, -0.05) is 6.92 Å². The molecule has 0 saturated carbocycles. The van der Waals surface area contributed by atoms with Crippen LogP contribution in [0, 0.1) is 5.92 Å². The molecule has 0 saturated heterocycles. The average Bonchev–Trinajstić information content (AvgIpc) is 3.21. The summed E-state index contributed by atoms with van der Waals surface area (Å²) in [5, 5.41) is 7.22. The molecule has 3 aromatic rings. The highest BCUT2D eigenvalue weighted by molar-refractivity contribution is 7.14. The van der Waals surface area contributed by atoms with Gasteiger partial charge in [-0.05, 0) is 48.9 Å². The first kappa shape index (κ1) is 16.0. The molecule has 1 N–H and O–H groups in total. The zero-order chi connectivity index (χ0) is 17.4. The molecule has 128 valence electrons. The maximum atomic E-state index is 12.8. The molecule has 5 nitrogen and oxygen atoms in total. The Balaban J connectivity index is 1.60. The van der Waals surface area contributed by atoms with Crippen LogP contribution in [0.5, 0.6) is 0 Å². The Labute approximate surface area is 150 Å². The molecule has 1 aliphatic carbocycles. The lowest BCUT2D eigenvalue weighted by atomic mass is 9.90. The first-order valence-electron chi connectivity index (χ1n) is 8.47. The monoisotopic (exact) mass is 352 g/mol. The number of amides is 1. The van der Waals surface area contributed by atoms with Crippen LogP contribution in [0.1, 0.15) is 33.5 Å². The van der Waals surface area contributed by atoms with Crippen molar-refractivity contribution in [1.82, 2.24) is 14.8 Å². The van der Waals surface area contributed by atoms with E-state index in [9.17, 15) is 4.79 Å². The van der Waals surface area contributed by atoms with Crippen LogP contribution in [-0.2, 0) is 19.9 Å². The van der Waals surface area contributed by atoms with Gasteiger partial charge in [-0.2, -0.15) is 5.10 Å². The van der Waals surface area contributed by atoms with Crippen molar-refractivity contribution in [2.75, 3.05) is 5.32 Å². The fourth-order valence-corrected chi connectivity index (χ4v) is 4.38. The van der Waals surface area contributed by atoms with E-state index in [1.165, 1.54) is 16.9 Å². The molecule has 1 atom stereocenters. The molecule has 0 bridgehead atoms. The van der Waals surface area contributed by atoms with E-state index < -0.39 is 0 Å². The Morgan fingerprint density at radius 3 is 3.12 bits per heavy atom. The number of nitrogens with zero attached hydrogens (tertiary/aromatic N) is 3. The number of nitrogens with one attached hydrogen (secondary N) is 1. The van der Waals surface area contributed by atoms with Gasteiger partial charge in [0.2, 0.25) is 0 Å². The lowest BCUT2D eigenvalue weighted by Crippen LogP contribution is -2.11. The molecule has 0 radical (unpaired) electrons. The number of hydrogen-bond donors (Lipinski definition) is 1. The molecule has 1 unspecified atom stereocenters. The molecule has 4 rings (SSSR count). The zero-order valence-electron chi connectivity index (χ0n) is 14.3. The van der Waals surface area contributed by atoms with E-state index in [4.69, 9.17) is 0 Å². The van der Waals surface area contributed by atoms with Crippen LogP contribution in [0.25, 0.3) is 11.3 Å². The number of thiophene rings is 1. The van der Waals surface area contributed by atoms with Gasteiger partial charge >= 0.3 is 0 Å². The van der Waals surface area contributed by atoms with E-state index in [-0.39, 0.29) is 5.91 Å². The minimum absolute atomic E-state index is 0.0646. The summed E-state index contributed by atoms with van der Waals surface area (Å²) < 4.78 is 1.73. The summed E-state index contributed by atoms with van der Waals surface area (Å²) in [6.07, 6.45) is 8.74. The van der Waals surface area contributed by atoms with E-state index in [2.05, 4.69) is 28.4 Å². The van der Waals surface area contributed by atoms with Gasteiger partial charge in [-0.15, -0.1) is 11.3 Å². The molecule has 6 heteroatoms. The average molecular weight is 352 g/mol. The third-order valence-corrected chi connectivity index (χ3v) is 5.82. The summed E-state index contributed by atoms with van der Waals surface area (Å²) in [7, 11) is 1.86. The second-order valence-electron chi connectivity index (χ2n) is 6.66. The molecule has 0 aromatic carbocycles. The predicted octanol–water partition coefficient (Wildman–Crippen LogP) is 3.92. The van der Waals surface area contributed by atoms with E-state index in [0.29, 0.717) is 11.6 Å². The SMILES string of the molecule is CC1CCc2sc(C(=O)Nc3cccnc3-c3cnn(C)c3)cc2C1. The number of anilines is 1. The van der Waals surface area contributed by atoms with Crippen LogP contribution >= 0.6 is 11.3 Å². The lowest BCUT2D eigenvalue weighted by molar-refractivity contribution is 0.103. The predicted molar refractivity (Wildman–Crippen MR) is 99.9 cm³/mol. The maximum absolute atomic E-state index is 12.8. The van der Waals surface area contributed by atoms with E-state index in [1.807, 2.05) is 25.4 Å². The van der Waals surface area contributed by atoms with Crippen LogP contribution in [0.4, 0.5) is 5.69 Å². The summed E-state index contributed by atoms with van der Waals surface area (Å²) in [4.78, 5) is 19.3. The van der Waals surface area contributed by atoms with Gasteiger partial charge in [-0.3, -0.25) is 14.5 Å². The topological polar surface area (TPSA) is 59.8 Å². The highest BCUT2D eigenvalue weighted by atomic mass is 32.1. The molecule has 3 aromatic heterocycles. The smallest absolute Gasteiger partial charge is 0.265 e. The van der Waals surface area contributed by atoms with Gasteiger partial charge in [-0.25, -0.2) is 0 Å². The van der Waals surface area contributed by atoms with Crippen molar-refractivity contribution in [3.8, 4) is 11.3 Å². The maximum Gasteiger partial charge on any atom is 0.265 e. The molecule has 0 spiro atoms. The Morgan fingerprint density at radius 2 is 2.32 bits per heavy atom. The van der Waals surface area contributed by atoms with Crippen molar-refractivity contribution in [2.45, 2.75) is 26.2 Å². The van der Waals surface area contributed by atoms with Crippen LogP contribution in [0.3, 0.4) is 0 Å². The number of pyridine rings is 1. The number of hydrogen-bond acceptors (Lipinski definition) is 4. The molecular weight excluding hydrogens is 332 g/mol. The molecule has 25 heavy (non-hydrogen) atoms. The minimum Gasteiger partial charge on any atom is -0.319 e. The fourth-order valence-electron chi connectivity index (χ4n) is 3.28. The summed E-state index contributed by atoms with van der Waals surface area (Å²) >= 11 is 1.62. The Bertz CT molecular complexity index is 927. The van der Waals surface area contributed by atoms with E-state index >= 15 is 0 Å². The molecular formula is C19H20N4OS. The quantitative estimate of drug-likeness (QED) is 0.777. The number of carbonyl (C=O) groups is 1. The molecule has 1 amide bonds. The lowest BCUT2D eigenvalue weighted by Gasteiger charge is -2.16. The summed E-state index contributed by atoms with van der Waals surface area (Å²) in [6.45, 7) is 2.27. The number of rotatable bonds is 3. The second kappa shape index (κ2) is 6.44. The third-order valence-electron chi connectivity index (χ3n) is 4.59. The van der Waals surface area contributed by atoms with Crippen LogP contribution in [0.15, 0.2) is 36.8 Å². The zero-order valence-corrected chi connectivity index (χ0v) is 15.1. The third kappa shape index (κ3) is 3.22. The van der Waals surface area contributed by atoms with Crippen molar-refractivity contribution in [3.05, 3.63) is 52.1 Å². The summed E-state index contributed by atoms with van der Waals surface area (Å²) in [5.74, 6) is 0.638. The Kier molecular flexibility index (Phi) is 4.13. The molecule has 1 aliphatic rings. The molecule has 3 heterocycles. The van der Waals surface area contributed by atoms with Gasteiger partial charge in [0.1, 0.15) is 0 Å². The van der Waals surface area contributed by atoms with Crippen molar-refractivity contribution >= 4 is 22.9 Å². The fraction of sp³-hybridized carbons (Fsp3) is 0.316. The van der Waals surface area contributed by atoms with E-state index in [1.54, 1.807) is 28.4 Å². The first-order valence-corrected chi connectivity index (χ1v) is 9.29. The van der Waals surface area contributed by atoms with E-state index in [0.717, 1.165) is 29.0 Å². The van der Waals surface area contributed by atoms with Gasteiger partial charge in [0.25, 0.3) is 5.91 Å². The van der Waals surface area contributed by atoms with Gasteiger partial charge in [0.05, 0.1) is 22.5 Å². The number of aryl methyl sites for hydroxylation is 2. The second-order valence-corrected chi connectivity index (χ2v) is 7.80. The summed E-state index contributed by atoms with van der Waals surface area (Å²) in [5.41, 5.74) is 3.67. The normalized spacial score (nSPS) is 16.5. The van der Waals surface area contributed by atoms with Gasteiger partial charge < -0.3 is 5.32 Å². The first-order chi connectivity index (χ1) is 12.1. The number of carbonyl (C=O) groups excluding carboxylic acids is 1. The van der Waals surface area contributed by atoms with Crippen molar-refractivity contribution < 1.29 is 4.79 Å². The standard InChI is InChI=1S/C19H20N4OS/c1-12-5-6-16-13(8-12)9-17(25-16)19(24)22-15-4-3-7-20-18(15)14-10-21-23(2)11-14/h3-4,7,9-12H,5-6,8H2,1-2H3,(H,22,24). The molecule has 0 fully saturated rings. The Morgan fingerprint density at radius 1 is 1.44 bits per heavy atom. The number of aromatic nitrogens is 3. The largest absolute Gasteiger partial charge is 0.319 e. The Hall–Kier alpha value is -2.47.